The molecule has 6 heteroatoms. The van der Waals surface area contributed by atoms with E-state index in [4.69, 9.17) is 9.47 Å². The van der Waals surface area contributed by atoms with Gasteiger partial charge in [0.1, 0.15) is 11.6 Å². The van der Waals surface area contributed by atoms with E-state index in [1.165, 1.54) is 6.07 Å². The molecule has 5 nitrogen and oxygen atoms in total. The number of hydrogen-bond acceptors (Lipinski definition) is 4. The van der Waals surface area contributed by atoms with Crippen LogP contribution >= 0.6 is 0 Å². The van der Waals surface area contributed by atoms with Gasteiger partial charge in [0.25, 0.3) is 0 Å². The molecule has 0 unspecified atom stereocenters. The monoisotopic (exact) mass is 338 g/mol. The minimum atomic E-state index is -0.358. The first-order chi connectivity index (χ1) is 11.5. The number of amides is 1. The van der Waals surface area contributed by atoms with Gasteiger partial charge in [0.2, 0.25) is 5.91 Å². The Kier molecular flexibility index (Phi) is 6.57. The van der Waals surface area contributed by atoms with Gasteiger partial charge in [-0.15, -0.1) is 0 Å². The number of ether oxygens (including phenoxy) is 2. The van der Waals surface area contributed by atoms with Crippen LogP contribution in [0, 0.1) is 5.82 Å². The van der Waals surface area contributed by atoms with E-state index in [1.54, 1.807) is 33.4 Å². The first-order valence-electron chi connectivity index (χ1n) is 8.33. The fourth-order valence-electron chi connectivity index (χ4n) is 3.37. The molecule has 1 aromatic rings. The van der Waals surface area contributed by atoms with Gasteiger partial charge < -0.3 is 14.8 Å². The topological polar surface area (TPSA) is 50.8 Å². The van der Waals surface area contributed by atoms with Crippen LogP contribution in [0.2, 0.25) is 0 Å². The van der Waals surface area contributed by atoms with Crippen LogP contribution < -0.4 is 10.1 Å². The summed E-state index contributed by atoms with van der Waals surface area (Å²) >= 11 is 0. The lowest BCUT2D eigenvalue weighted by Crippen LogP contribution is -2.49. The Morgan fingerprint density at radius 1 is 1.42 bits per heavy atom. The smallest absolute Gasteiger partial charge is 0.219 e. The van der Waals surface area contributed by atoms with Crippen molar-refractivity contribution in [3.05, 3.63) is 29.6 Å². The van der Waals surface area contributed by atoms with Crippen LogP contribution in [-0.2, 0) is 16.1 Å². The Balaban J connectivity index is 2.08. The normalized spacial score (nSPS) is 21.5. The van der Waals surface area contributed by atoms with Gasteiger partial charge in [0, 0.05) is 39.2 Å². The van der Waals surface area contributed by atoms with E-state index in [-0.39, 0.29) is 17.3 Å². The zero-order valence-electron chi connectivity index (χ0n) is 14.7. The number of rotatable bonds is 7. The molecule has 1 aliphatic heterocycles. The van der Waals surface area contributed by atoms with Crippen LogP contribution in [0.25, 0.3) is 0 Å². The summed E-state index contributed by atoms with van der Waals surface area (Å²) in [5, 5.41) is 2.65. The predicted octanol–water partition coefficient (Wildman–Crippen LogP) is 2.34. The number of halogens is 1. The maximum Gasteiger partial charge on any atom is 0.219 e. The minimum absolute atomic E-state index is 0.0133. The molecule has 1 amide bonds. The SMILES string of the molecule is CNC(=O)CC[C@@]1(OC)CCCN(Cc2c(F)cccc2OC)C1. The zero-order valence-corrected chi connectivity index (χ0v) is 14.7. The maximum absolute atomic E-state index is 14.2. The second-order valence-electron chi connectivity index (χ2n) is 6.30. The average molecular weight is 338 g/mol. The van der Waals surface area contributed by atoms with Gasteiger partial charge in [-0.1, -0.05) is 6.07 Å². The standard InChI is InChI=1S/C18H27FN2O3/c1-20-17(22)8-10-18(24-3)9-5-11-21(13-18)12-14-15(19)6-4-7-16(14)23-2/h4,6-7H,5,8-13H2,1-3H3,(H,20,22)/t18-/m0/s1. The third-order valence-corrected chi connectivity index (χ3v) is 4.82. The summed E-state index contributed by atoms with van der Waals surface area (Å²) in [5.74, 6) is 0.321. The second-order valence-corrected chi connectivity index (χ2v) is 6.30. The Morgan fingerprint density at radius 2 is 2.21 bits per heavy atom. The number of carbonyl (C=O) groups excluding carboxylic acids is 1. The van der Waals surface area contributed by atoms with E-state index in [9.17, 15) is 9.18 Å². The molecule has 24 heavy (non-hydrogen) atoms. The highest BCUT2D eigenvalue weighted by atomic mass is 19.1. The number of benzene rings is 1. The van der Waals surface area contributed by atoms with Gasteiger partial charge >= 0.3 is 0 Å². The number of nitrogens with one attached hydrogen (secondary N) is 1. The lowest BCUT2D eigenvalue weighted by Gasteiger charge is -2.42. The van der Waals surface area contributed by atoms with Crippen molar-refractivity contribution in [3.8, 4) is 5.75 Å². The van der Waals surface area contributed by atoms with Crippen molar-refractivity contribution in [1.29, 1.82) is 0 Å². The number of hydrogen-bond donors (Lipinski definition) is 1. The van der Waals surface area contributed by atoms with Crippen molar-refractivity contribution in [2.24, 2.45) is 0 Å². The summed E-state index contributed by atoms with van der Waals surface area (Å²) in [4.78, 5) is 13.7. The number of piperidine rings is 1. The summed E-state index contributed by atoms with van der Waals surface area (Å²) < 4.78 is 25.2. The van der Waals surface area contributed by atoms with Crippen molar-refractivity contribution in [1.82, 2.24) is 10.2 Å². The third kappa shape index (κ3) is 4.45. The zero-order chi connectivity index (χ0) is 17.6. The van der Waals surface area contributed by atoms with Crippen molar-refractivity contribution in [2.75, 3.05) is 34.4 Å². The molecular formula is C18H27FN2O3. The van der Waals surface area contributed by atoms with Crippen LogP contribution in [0.1, 0.15) is 31.2 Å². The number of carbonyl (C=O) groups is 1. The van der Waals surface area contributed by atoms with E-state index < -0.39 is 0 Å². The highest BCUT2D eigenvalue weighted by molar-refractivity contribution is 5.75. The number of methoxy groups -OCH3 is 2. The molecule has 1 atom stereocenters. The van der Waals surface area contributed by atoms with Crippen molar-refractivity contribution in [2.45, 2.75) is 37.8 Å². The quantitative estimate of drug-likeness (QED) is 0.829. The van der Waals surface area contributed by atoms with Gasteiger partial charge in [-0.25, -0.2) is 4.39 Å². The lowest BCUT2D eigenvalue weighted by molar-refractivity contribution is -0.124. The van der Waals surface area contributed by atoms with E-state index in [0.717, 1.165) is 19.4 Å². The molecule has 0 radical (unpaired) electrons. The molecule has 2 rings (SSSR count). The molecule has 1 N–H and O–H groups in total. The molecule has 1 aliphatic rings. The second kappa shape index (κ2) is 8.44. The van der Waals surface area contributed by atoms with Crippen LogP contribution in [-0.4, -0.2) is 50.8 Å². The Hall–Kier alpha value is -1.66. The third-order valence-electron chi connectivity index (χ3n) is 4.82. The van der Waals surface area contributed by atoms with E-state index in [2.05, 4.69) is 10.2 Å². The Labute approximate surface area is 143 Å². The average Bonchev–Trinajstić information content (AvgIpc) is 2.61. The van der Waals surface area contributed by atoms with Crippen LogP contribution in [0.5, 0.6) is 5.75 Å². The first kappa shape index (κ1) is 18.7. The molecule has 0 spiro atoms. The van der Waals surface area contributed by atoms with Gasteiger partial charge in [-0.3, -0.25) is 9.69 Å². The molecule has 0 aliphatic carbocycles. The van der Waals surface area contributed by atoms with Crippen LogP contribution in [0.15, 0.2) is 18.2 Å². The van der Waals surface area contributed by atoms with Gasteiger partial charge in [-0.2, -0.15) is 0 Å². The summed E-state index contributed by atoms with van der Waals surface area (Å²) in [7, 11) is 4.88. The maximum atomic E-state index is 14.2. The summed E-state index contributed by atoms with van der Waals surface area (Å²) in [6, 6.07) is 4.88. The van der Waals surface area contributed by atoms with Gasteiger partial charge in [0.15, 0.2) is 0 Å². The lowest BCUT2D eigenvalue weighted by atomic mass is 9.87. The van der Waals surface area contributed by atoms with Gasteiger partial charge in [-0.05, 0) is 37.9 Å². The van der Waals surface area contributed by atoms with Gasteiger partial charge in [0.05, 0.1) is 12.7 Å². The minimum Gasteiger partial charge on any atom is -0.496 e. The van der Waals surface area contributed by atoms with E-state index >= 15 is 0 Å². The molecule has 0 saturated carbocycles. The van der Waals surface area contributed by atoms with E-state index in [1.807, 2.05) is 0 Å². The Morgan fingerprint density at radius 3 is 2.88 bits per heavy atom. The molecule has 0 aromatic heterocycles. The fourth-order valence-corrected chi connectivity index (χ4v) is 3.37. The van der Waals surface area contributed by atoms with E-state index in [0.29, 0.717) is 37.2 Å². The highest BCUT2D eigenvalue weighted by Gasteiger charge is 2.36. The first-order valence-corrected chi connectivity index (χ1v) is 8.33. The van der Waals surface area contributed by atoms with Crippen LogP contribution in [0.3, 0.4) is 0 Å². The molecule has 0 bridgehead atoms. The van der Waals surface area contributed by atoms with Crippen LogP contribution in [0.4, 0.5) is 4.39 Å². The van der Waals surface area contributed by atoms with Crippen molar-refractivity contribution in [3.63, 3.8) is 0 Å². The highest BCUT2D eigenvalue weighted by Crippen LogP contribution is 2.31. The largest absolute Gasteiger partial charge is 0.496 e. The van der Waals surface area contributed by atoms with Crippen molar-refractivity contribution >= 4 is 5.91 Å². The molecular weight excluding hydrogens is 311 g/mol. The number of likely N-dealkylation sites (tertiary alicyclic amines) is 1. The summed E-state index contributed by atoms with van der Waals surface area (Å²) in [6.45, 7) is 2.03. The van der Waals surface area contributed by atoms with Crippen molar-refractivity contribution < 1.29 is 18.7 Å². The molecule has 1 aromatic carbocycles. The molecule has 134 valence electrons. The summed E-state index contributed by atoms with van der Waals surface area (Å²) in [5.41, 5.74) is 0.210. The predicted molar refractivity (Wildman–Crippen MR) is 90.5 cm³/mol. The molecule has 1 saturated heterocycles. The fraction of sp³-hybridized carbons (Fsp3) is 0.611. The molecule has 1 heterocycles. The number of nitrogens with zero attached hydrogens (tertiary/aromatic N) is 1. The molecule has 1 fully saturated rings. The summed E-state index contributed by atoms with van der Waals surface area (Å²) in [6.07, 6.45) is 2.96. The Bertz CT molecular complexity index is 567.